The largest absolute Gasteiger partial charge is 0.481 e. The summed E-state index contributed by atoms with van der Waals surface area (Å²) >= 11 is 6.02. The van der Waals surface area contributed by atoms with Crippen molar-refractivity contribution in [2.75, 3.05) is 5.75 Å². The number of carbonyl (C=O) groups is 1. The van der Waals surface area contributed by atoms with Crippen molar-refractivity contribution in [3.8, 4) is 0 Å². The number of nitrogens with one attached hydrogen (secondary N) is 1. The first-order valence-electron chi connectivity index (χ1n) is 6.25. The lowest BCUT2D eigenvalue weighted by Gasteiger charge is -2.14. The molecule has 0 aliphatic carbocycles. The van der Waals surface area contributed by atoms with Crippen LogP contribution in [0.4, 0.5) is 0 Å². The average molecular weight is 320 g/mol. The molecule has 5 nitrogen and oxygen atoms in total. The third-order valence-corrected chi connectivity index (χ3v) is 4.62. The molecule has 0 aromatic heterocycles. The van der Waals surface area contributed by atoms with Gasteiger partial charge in [0.2, 0.25) is 10.0 Å². The summed E-state index contributed by atoms with van der Waals surface area (Å²) in [6, 6.07) is 6.95. The number of hydrogen-bond acceptors (Lipinski definition) is 3. The highest BCUT2D eigenvalue weighted by Crippen LogP contribution is 2.16. The number of carboxylic acid groups (broad SMARTS) is 1. The molecule has 0 amide bonds. The molecule has 20 heavy (non-hydrogen) atoms. The summed E-state index contributed by atoms with van der Waals surface area (Å²) in [6.45, 7) is 1.75. The molecule has 1 atom stereocenters. The lowest BCUT2D eigenvalue weighted by molar-refractivity contribution is -0.137. The molecule has 112 valence electrons. The van der Waals surface area contributed by atoms with Crippen LogP contribution in [0.2, 0.25) is 5.02 Å². The summed E-state index contributed by atoms with van der Waals surface area (Å²) in [4.78, 5) is 10.4. The van der Waals surface area contributed by atoms with Gasteiger partial charge in [-0.1, -0.05) is 29.8 Å². The van der Waals surface area contributed by atoms with Gasteiger partial charge in [0.05, 0.1) is 5.75 Å². The first-order valence-corrected chi connectivity index (χ1v) is 8.28. The fourth-order valence-electron chi connectivity index (χ4n) is 1.81. The number of rotatable bonds is 8. The van der Waals surface area contributed by atoms with Gasteiger partial charge in [-0.2, -0.15) is 0 Å². The van der Waals surface area contributed by atoms with Crippen molar-refractivity contribution < 1.29 is 18.3 Å². The molecule has 2 N–H and O–H groups in total. The third kappa shape index (κ3) is 6.36. The zero-order valence-corrected chi connectivity index (χ0v) is 12.7. The fourth-order valence-corrected chi connectivity index (χ4v) is 3.37. The van der Waals surface area contributed by atoms with Crippen LogP contribution in [0.25, 0.3) is 0 Å². The van der Waals surface area contributed by atoms with Crippen LogP contribution in [-0.4, -0.2) is 31.3 Å². The Labute approximate surface area is 124 Å². The van der Waals surface area contributed by atoms with Gasteiger partial charge in [0.15, 0.2) is 0 Å². The minimum absolute atomic E-state index is 0.101. The van der Waals surface area contributed by atoms with E-state index in [2.05, 4.69) is 4.72 Å². The molecule has 1 rings (SSSR count). The van der Waals surface area contributed by atoms with E-state index >= 15 is 0 Å². The smallest absolute Gasteiger partial charge is 0.303 e. The zero-order chi connectivity index (χ0) is 15.2. The Bertz CT molecular complexity index is 559. The van der Waals surface area contributed by atoms with E-state index in [1.54, 1.807) is 13.0 Å². The van der Waals surface area contributed by atoms with E-state index in [4.69, 9.17) is 16.7 Å². The van der Waals surface area contributed by atoms with Crippen LogP contribution in [0.3, 0.4) is 0 Å². The van der Waals surface area contributed by atoms with Crippen molar-refractivity contribution >= 4 is 27.6 Å². The van der Waals surface area contributed by atoms with Gasteiger partial charge in [-0.25, -0.2) is 13.1 Å². The average Bonchev–Trinajstić information content (AvgIpc) is 2.30. The van der Waals surface area contributed by atoms with E-state index in [1.165, 1.54) is 0 Å². The van der Waals surface area contributed by atoms with Crippen LogP contribution in [0.1, 0.15) is 25.3 Å². The maximum atomic E-state index is 11.8. The van der Waals surface area contributed by atoms with Crippen LogP contribution in [0.5, 0.6) is 0 Å². The maximum absolute atomic E-state index is 11.8. The predicted octanol–water partition coefficient (Wildman–Crippen LogP) is 2.06. The second kappa shape index (κ2) is 7.61. The molecule has 1 unspecified atom stereocenters. The predicted molar refractivity (Wildman–Crippen MR) is 78.4 cm³/mol. The van der Waals surface area contributed by atoms with Crippen LogP contribution in [0, 0.1) is 0 Å². The molecule has 0 saturated carbocycles. The number of sulfonamides is 1. The van der Waals surface area contributed by atoms with Crippen molar-refractivity contribution in [1.29, 1.82) is 0 Å². The lowest BCUT2D eigenvalue weighted by Crippen LogP contribution is -2.35. The van der Waals surface area contributed by atoms with Gasteiger partial charge >= 0.3 is 5.97 Å². The molecule has 1 aromatic carbocycles. The van der Waals surface area contributed by atoms with E-state index in [0.717, 1.165) is 5.56 Å². The third-order valence-electron chi connectivity index (χ3n) is 2.67. The highest BCUT2D eigenvalue weighted by molar-refractivity contribution is 7.89. The molecular weight excluding hydrogens is 302 g/mol. The molecule has 1 aromatic rings. The van der Waals surface area contributed by atoms with E-state index < -0.39 is 16.0 Å². The van der Waals surface area contributed by atoms with Crippen LogP contribution >= 0.6 is 11.6 Å². The minimum atomic E-state index is -3.47. The number of benzene rings is 1. The van der Waals surface area contributed by atoms with Gasteiger partial charge in [0.1, 0.15) is 0 Å². The van der Waals surface area contributed by atoms with Gasteiger partial charge in [0, 0.05) is 17.5 Å². The zero-order valence-electron chi connectivity index (χ0n) is 11.2. The fraction of sp³-hybridized carbons (Fsp3) is 0.462. The Balaban J connectivity index is 2.51. The number of hydrogen-bond donors (Lipinski definition) is 2. The van der Waals surface area contributed by atoms with Crippen LogP contribution in [0.15, 0.2) is 24.3 Å². The second-order valence-corrected chi connectivity index (χ2v) is 6.91. The summed E-state index contributed by atoms with van der Waals surface area (Å²) in [7, 11) is -3.47. The normalized spacial score (nSPS) is 13.1. The van der Waals surface area contributed by atoms with E-state index in [9.17, 15) is 13.2 Å². The van der Waals surface area contributed by atoms with Gasteiger partial charge in [0.25, 0.3) is 0 Å². The summed E-state index contributed by atoms with van der Waals surface area (Å²) in [5.74, 6) is -1.18. The summed E-state index contributed by atoms with van der Waals surface area (Å²) < 4.78 is 26.0. The van der Waals surface area contributed by atoms with Crippen molar-refractivity contribution in [2.45, 2.75) is 32.2 Å². The molecule has 0 bridgehead atoms. The standard InChI is InChI=1S/C13H18ClNO4S/c1-10(9-11-5-2-3-6-12(11)14)15-20(18,19)8-4-7-13(16)17/h2-3,5-6,10,15H,4,7-9H2,1H3,(H,16,17). The molecule has 0 radical (unpaired) electrons. The highest BCUT2D eigenvalue weighted by Gasteiger charge is 2.16. The van der Waals surface area contributed by atoms with Crippen LogP contribution in [-0.2, 0) is 21.2 Å². The Morgan fingerprint density at radius 1 is 1.40 bits per heavy atom. The first-order chi connectivity index (χ1) is 9.30. The summed E-state index contributed by atoms with van der Waals surface area (Å²) in [5.41, 5.74) is 0.870. The molecule has 0 saturated heterocycles. The molecule has 0 aliphatic heterocycles. The van der Waals surface area contributed by atoms with Crippen molar-refractivity contribution in [3.05, 3.63) is 34.9 Å². The van der Waals surface area contributed by atoms with E-state index in [0.29, 0.717) is 11.4 Å². The maximum Gasteiger partial charge on any atom is 0.303 e. The Hall–Kier alpha value is -1.11. The topological polar surface area (TPSA) is 83.5 Å². The quantitative estimate of drug-likeness (QED) is 0.768. The SMILES string of the molecule is CC(Cc1ccccc1Cl)NS(=O)(=O)CCCC(=O)O. The summed E-state index contributed by atoms with van der Waals surface area (Å²) in [5, 5.41) is 9.09. The minimum Gasteiger partial charge on any atom is -0.481 e. The molecule has 0 spiro atoms. The van der Waals surface area contributed by atoms with Gasteiger partial charge in [-0.15, -0.1) is 0 Å². The van der Waals surface area contributed by atoms with Gasteiger partial charge in [-0.05, 0) is 31.4 Å². The monoisotopic (exact) mass is 319 g/mol. The Morgan fingerprint density at radius 2 is 2.05 bits per heavy atom. The van der Waals surface area contributed by atoms with Crippen LogP contribution < -0.4 is 4.72 Å². The molecule has 7 heteroatoms. The number of aliphatic carboxylic acids is 1. The second-order valence-electron chi connectivity index (χ2n) is 4.63. The van der Waals surface area contributed by atoms with E-state index in [-0.39, 0.29) is 24.6 Å². The van der Waals surface area contributed by atoms with Gasteiger partial charge < -0.3 is 5.11 Å². The van der Waals surface area contributed by atoms with Crippen molar-refractivity contribution in [3.63, 3.8) is 0 Å². The molecule has 0 heterocycles. The number of carboxylic acids is 1. The highest BCUT2D eigenvalue weighted by atomic mass is 35.5. The van der Waals surface area contributed by atoms with E-state index in [1.807, 2.05) is 18.2 Å². The lowest BCUT2D eigenvalue weighted by atomic mass is 10.1. The van der Waals surface area contributed by atoms with Gasteiger partial charge in [-0.3, -0.25) is 4.79 Å². The molecule has 0 aliphatic rings. The molecule has 0 fully saturated rings. The first kappa shape index (κ1) is 16.9. The summed E-state index contributed by atoms with van der Waals surface area (Å²) in [6.07, 6.45) is 0.432. The molecular formula is C13H18ClNO4S. The van der Waals surface area contributed by atoms with Crippen molar-refractivity contribution in [1.82, 2.24) is 4.72 Å². The Kier molecular flexibility index (Phi) is 6.45. The number of halogens is 1. The van der Waals surface area contributed by atoms with Crippen molar-refractivity contribution in [2.24, 2.45) is 0 Å². The Morgan fingerprint density at radius 3 is 2.65 bits per heavy atom.